The first-order valence-electron chi connectivity index (χ1n) is 6.29. The molecule has 3 nitrogen and oxygen atoms in total. The summed E-state index contributed by atoms with van der Waals surface area (Å²) in [5, 5.41) is 0.646. The summed E-state index contributed by atoms with van der Waals surface area (Å²) in [5.74, 6) is 0.635. The number of benzene rings is 2. The van der Waals surface area contributed by atoms with Gasteiger partial charge >= 0.3 is 7.60 Å². The van der Waals surface area contributed by atoms with Gasteiger partial charge in [-0.2, -0.15) is 0 Å². The largest absolute Gasteiger partial charge is 0.421 e. The fourth-order valence-corrected chi connectivity index (χ4v) is 4.11. The third-order valence-electron chi connectivity index (χ3n) is 3.14. The molecule has 0 amide bonds. The molecule has 1 unspecified atom stereocenters. The summed E-state index contributed by atoms with van der Waals surface area (Å²) in [6.45, 7) is 4.15. The maximum atomic E-state index is 12.9. The van der Waals surface area contributed by atoms with Gasteiger partial charge in [-0.15, -0.1) is 0 Å². The molecule has 98 valence electrons. The maximum Gasteiger partial charge on any atom is 0.411 e. The highest BCUT2D eigenvalue weighted by atomic mass is 31.2. The van der Waals surface area contributed by atoms with Crippen LogP contribution in [0.15, 0.2) is 42.5 Å². The fraction of sp³-hybridized carbons (Fsp3) is 0.200. The minimum atomic E-state index is -3.26. The number of fused-ring (bicyclic) bond motifs is 3. The molecule has 0 saturated carbocycles. The van der Waals surface area contributed by atoms with Crippen molar-refractivity contribution < 1.29 is 13.6 Å². The molecular formula is C15H15O3P. The first kappa shape index (κ1) is 12.5. The lowest BCUT2D eigenvalue weighted by Gasteiger charge is -2.27. The summed E-state index contributed by atoms with van der Waals surface area (Å²) < 4.78 is 24.0. The molecule has 3 rings (SSSR count). The second-order valence-corrected chi connectivity index (χ2v) is 6.44. The van der Waals surface area contributed by atoms with E-state index in [0.717, 1.165) is 16.7 Å². The highest BCUT2D eigenvalue weighted by Crippen LogP contribution is 2.55. The SMILES string of the molecule is CCOP1(=O)Oc2cc(C)ccc2-c2ccccc21. The first-order chi connectivity index (χ1) is 9.14. The smallest absolute Gasteiger partial charge is 0.411 e. The van der Waals surface area contributed by atoms with Gasteiger partial charge in [0, 0.05) is 11.1 Å². The molecular weight excluding hydrogens is 259 g/mol. The van der Waals surface area contributed by atoms with E-state index in [9.17, 15) is 4.57 Å². The maximum absolute atomic E-state index is 12.9. The van der Waals surface area contributed by atoms with Gasteiger partial charge in [0.15, 0.2) is 0 Å². The third-order valence-corrected chi connectivity index (χ3v) is 5.16. The summed E-state index contributed by atoms with van der Waals surface area (Å²) in [6, 6.07) is 13.5. The van der Waals surface area contributed by atoms with Crippen LogP contribution in [0.1, 0.15) is 12.5 Å². The van der Waals surface area contributed by atoms with Crippen LogP contribution in [-0.4, -0.2) is 6.61 Å². The quantitative estimate of drug-likeness (QED) is 0.779. The van der Waals surface area contributed by atoms with Crippen molar-refractivity contribution in [2.75, 3.05) is 6.61 Å². The standard InChI is InChI=1S/C15H15O3P/c1-3-17-19(16)15-7-5-4-6-13(15)12-9-8-11(2)10-14(12)18-19/h4-10H,3H2,1-2H3. The molecule has 1 heterocycles. The molecule has 0 bridgehead atoms. The summed E-state index contributed by atoms with van der Waals surface area (Å²) in [6.07, 6.45) is 0. The average molecular weight is 274 g/mol. The van der Waals surface area contributed by atoms with Crippen molar-refractivity contribution in [2.45, 2.75) is 13.8 Å². The van der Waals surface area contributed by atoms with Crippen molar-refractivity contribution in [3.63, 3.8) is 0 Å². The molecule has 2 aromatic rings. The number of hydrogen-bond donors (Lipinski definition) is 0. The van der Waals surface area contributed by atoms with Crippen LogP contribution in [0.2, 0.25) is 0 Å². The molecule has 19 heavy (non-hydrogen) atoms. The summed E-state index contributed by atoms with van der Waals surface area (Å²) >= 11 is 0. The highest BCUT2D eigenvalue weighted by molar-refractivity contribution is 7.63. The van der Waals surface area contributed by atoms with Crippen LogP contribution >= 0.6 is 7.60 Å². The van der Waals surface area contributed by atoms with E-state index in [1.165, 1.54) is 0 Å². The molecule has 0 saturated heterocycles. The Balaban J connectivity index is 2.26. The topological polar surface area (TPSA) is 35.5 Å². The fourth-order valence-electron chi connectivity index (χ4n) is 2.31. The molecule has 0 spiro atoms. The lowest BCUT2D eigenvalue weighted by atomic mass is 10.0. The van der Waals surface area contributed by atoms with Crippen LogP contribution in [0.25, 0.3) is 11.1 Å². The highest BCUT2D eigenvalue weighted by Gasteiger charge is 2.36. The Morgan fingerprint density at radius 3 is 2.74 bits per heavy atom. The molecule has 2 aromatic carbocycles. The molecule has 4 heteroatoms. The molecule has 1 atom stereocenters. The molecule has 1 aliphatic heterocycles. The van der Waals surface area contributed by atoms with Crippen molar-refractivity contribution in [3.8, 4) is 16.9 Å². The summed E-state index contributed by atoms with van der Waals surface area (Å²) in [4.78, 5) is 0. The molecule has 0 N–H and O–H groups in total. The first-order valence-corrected chi connectivity index (χ1v) is 7.83. The van der Waals surface area contributed by atoms with E-state index in [0.29, 0.717) is 17.7 Å². The predicted octanol–water partition coefficient (Wildman–Crippen LogP) is 3.91. The van der Waals surface area contributed by atoms with Gasteiger partial charge in [0.05, 0.1) is 11.9 Å². The molecule has 0 aliphatic carbocycles. The van der Waals surface area contributed by atoms with E-state index in [2.05, 4.69) is 0 Å². The van der Waals surface area contributed by atoms with Crippen LogP contribution in [0.4, 0.5) is 0 Å². The van der Waals surface area contributed by atoms with Gasteiger partial charge < -0.3 is 4.52 Å². The van der Waals surface area contributed by atoms with Gasteiger partial charge in [0.25, 0.3) is 0 Å². The number of rotatable bonds is 2. The van der Waals surface area contributed by atoms with Crippen LogP contribution in [-0.2, 0) is 9.09 Å². The second-order valence-electron chi connectivity index (χ2n) is 4.52. The Labute approximate surface area is 112 Å². The Bertz CT molecular complexity index is 679. The van der Waals surface area contributed by atoms with Gasteiger partial charge in [0.2, 0.25) is 0 Å². The average Bonchev–Trinajstić information content (AvgIpc) is 2.39. The van der Waals surface area contributed by atoms with Crippen molar-refractivity contribution in [1.29, 1.82) is 0 Å². The van der Waals surface area contributed by atoms with E-state index in [1.807, 2.05) is 56.3 Å². The van der Waals surface area contributed by atoms with Gasteiger partial charge in [-0.3, -0.25) is 4.52 Å². The van der Waals surface area contributed by atoms with Gasteiger partial charge in [-0.05, 0) is 31.5 Å². The lowest BCUT2D eigenvalue weighted by molar-refractivity contribution is 0.288. The van der Waals surface area contributed by atoms with E-state index in [-0.39, 0.29) is 0 Å². The van der Waals surface area contributed by atoms with E-state index < -0.39 is 7.60 Å². The predicted molar refractivity (Wildman–Crippen MR) is 76.1 cm³/mol. The van der Waals surface area contributed by atoms with Crippen molar-refractivity contribution in [1.82, 2.24) is 0 Å². The minimum absolute atomic E-state index is 0.354. The number of aryl methyl sites for hydroxylation is 1. The Morgan fingerprint density at radius 2 is 1.95 bits per heavy atom. The molecule has 1 aliphatic rings. The van der Waals surface area contributed by atoms with E-state index in [4.69, 9.17) is 9.05 Å². The van der Waals surface area contributed by atoms with Crippen molar-refractivity contribution in [2.24, 2.45) is 0 Å². The van der Waals surface area contributed by atoms with Crippen molar-refractivity contribution >= 4 is 12.9 Å². The minimum Gasteiger partial charge on any atom is -0.421 e. The normalized spacial score (nSPS) is 20.3. The zero-order valence-electron chi connectivity index (χ0n) is 10.9. The Morgan fingerprint density at radius 1 is 1.16 bits per heavy atom. The van der Waals surface area contributed by atoms with Crippen LogP contribution in [0.5, 0.6) is 5.75 Å². The van der Waals surface area contributed by atoms with Gasteiger partial charge in [0.1, 0.15) is 5.75 Å². The van der Waals surface area contributed by atoms with E-state index in [1.54, 1.807) is 0 Å². The second kappa shape index (κ2) is 4.52. The van der Waals surface area contributed by atoms with Gasteiger partial charge in [-0.25, -0.2) is 4.57 Å². The number of hydrogen-bond acceptors (Lipinski definition) is 3. The third kappa shape index (κ3) is 1.99. The van der Waals surface area contributed by atoms with E-state index >= 15 is 0 Å². The molecule has 0 radical (unpaired) electrons. The monoisotopic (exact) mass is 274 g/mol. The summed E-state index contributed by atoms with van der Waals surface area (Å²) in [5.41, 5.74) is 2.97. The van der Waals surface area contributed by atoms with Gasteiger partial charge in [-0.1, -0.05) is 30.3 Å². The molecule has 0 fully saturated rings. The summed E-state index contributed by atoms with van der Waals surface area (Å²) in [7, 11) is -3.26. The van der Waals surface area contributed by atoms with Crippen LogP contribution in [0.3, 0.4) is 0 Å². The zero-order chi connectivity index (χ0) is 13.5. The van der Waals surface area contributed by atoms with Crippen LogP contribution in [0, 0.1) is 6.92 Å². The molecule has 0 aromatic heterocycles. The zero-order valence-corrected chi connectivity index (χ0v) is 11.8. The Hall–Kier alpha value is -1.57. The Kier molecular flexibility index (Phi) is 2.96. The van der Waals surface area contributed by atoms with Crippen molar-refractivity contribution in [3.05, 3.63) is 48.0 Å². The van der Waals surface area contributed by atoms with Crippen LogP contribution < -0.4 is 9.83 Å². The lowest BCUT2D eigenvalue weighted by Crippen LogP contribution is -2.19.